The van der Waals surface area contributed by atoms with Gasteiger partial charge in [0, 0.05) is 31.4 Å². The number of benzene rings is 1. The standard InChI is InChI=1S/C17H19FN4O3/c1-3-22-9-8-13(20-22)19-17(24)16-15(21(2)14(23)10-25-16)11-6-4-5-7-12(11)18/h4-9,15-16H,3,10H2,1-2H3,(H,19,20,24)/t15-,16-/m1/s1. The third-order valence-corrected chi connectivity index (χ3v) is 4.18. The number of carbonyl (C=O) groups excluding carboxylic acids is 2. The molecule has 1 aliphatic heterocycles. The van der Waals surface area contributed by atoms with E-state index >= 15 is 0 Å². The number of ether oxygens (including phenoxy) is 1. The van der Waals surface area contributed by atoms with Gasteiger partial charge in [-0.2, -0.15) is 5.10 Å². The summed E-state index contributed by atoms with van der Waals surface area (Å²) in [6.07, 6.45) is 0.702. The van der Waals surface area contributed by atoms with Crippen molar-refractivity contribution in [1.82, 2.24) is 14.7 Å². The van der Waals surface area contributed by atoms with Crippen LogP contribution in [0.2, 0.25) is 0 Å². The van der Waals surface area contributed by atoms with Crippen LogP contribution in [0.4, 0.5) is 10.2 Å². The molecule has 7 nitrogen and oxygen atoms in total. The van der Waals surface area contributed by atoms with Crippen molar-refractivity contribution < 1.29 is 18.7 Å². The lowest BCUT2D eigenvalue weighted by molar-refractivity contribution is -0.160. The molecular weight excluding hydrogens is 327 g/mol. The minimum Gasteiger partial charge on any atom is -0.356 e. The predicted octanol–water partition coefficient (Wildman–Crippen LogP) is 1.58. The molecule has 1 aromatic heterocycles. The second-order valence-corrected chi connectivity index (χ2v) is 5.75. The summed E-state index contributed by atoms with van der Waals surface area (Å²) in [5.41, 5.74) is 0.234. The normalized spacial score (nSPS) is 20.6. The summed E-state index contributed by atoms with van der Waals surface area (Å²) in [7, 11) is 1.54. The van der Waals surface area contributed by atoms with E-state index in [-0.39, 0.29) is 18.1 Å². The highest BCUT2D eigenvalue weighted by Gasteiger charge is 2.41. The average Bonchev–Trinajstić information content (AvgIpc) is 3.05. The van der Waals surface area contributed by atoms with Crippen LogP contribution in [0.25, 0.3) is 0 Å². The van der Waals surface area contributed by atoms with E-state index in [0.717, 1.165) is 0 Å². The monoisotopic (exact) mass is 346 g/mol. The van der Waals surface area contributed by atoms with Crippen molar-refractivity contribution in [1.29, 1.82) is 0 Å². The van der Waals surface area contributed by atoms with E-state index in [9.17, 15) is 14.0 Å². The fraction of sp³-hybridized carbons (Fsp3) is 0.353. The van der Waals surface area contributed by atoms with Gasteiger partial charge in [0.15, 0.2) is 11.9 Å². The van der Waals surface area contributed by atoms with E-state index in [4.69, 9.17) is 4.74 Å². The molecule has 8 heteroatoms. The Kier molecular flexibility index (Phi) is 4.80. The summed E-state index contributed by atoms with van der Waals surface area (Å²) in [5.74, 6) is -0.908. The van der Waals surface area contributed by atoms with E-state index < -0.39 is 23.9 Å². The van der Waals surface area contributed by atoms with Crippen LogP contribution in [0.5, 0.6) is 0 Å². The molecule has 132 valence electrons. The Labute approximate surface area is 144 Å². The Morgan fingerprint density at radius 3 is 2.84 bits per heavy atom. The molecule has 2 amide bonds. The zero-order valence-corrected chi connectivity index (χ0v) is 14.0. The van der Waals surface area contributed by atoms with Crippen LogP contribution in [0.1, 0.15) is 18.5 Å². The Balaban J connectivity index is 1.87. The van der Waals surface area contributed by atoms with Crippen LogP contribution in [0.15, 0.2) is 36.5 Å². The number of amides is 2. The van der Waals surface area contributed by atoms with Crippen molar-refractivity contribution in [2.75, 3.05) is 19.0 Å². The lowest BCUT2D eigenvalue weighted by Gasteiger charge is -2.38. The van der Waals surface area contributed by atoms with Crippen molar-refractivity contribution in [2.45, 2.75) is 25.6 Å². The molecule has 2 atom stereocenters. The van der Waals surface area contributed by atoms with Crippen LogP contribution >= 0.6 is 0 Å². The summed E-state index contributed by atoms with van der Waals surface area (Å²) in [5, 5.41) is 6.85. The maximum absolute atomic E-state index is 14.2. The molecule has 0 aliphatic carbocycles. The molecule has 0 bridgehead atoms. The van der Waals surface area contributed by atoms with E-state index in [1.54, 1.807) is 35.1 Å². The smallest absolute Gasteiger partial charge is 0.257 e. The Morgan fingerprint density at radius 2 is 2.16 bits per heavy atom. The lowest BCUT2D eigenvalue weighted by Crippen LogP contribution is -2.51. The van der Waals surface area contributed by atoms with Gasteiger partial charge in [0.2, 0.25) is 5.91 Å². The molecule has 2 aromatic rings. The number of hydrogen-bond donors (Lipinski definition) is 1. The van der Waals surface area contributed by atoms with Gasteiger partial charge in [0.05, 0.1) is 6.04 Å². The number of anilines is 1. The van der Waals surface area contributed by atoms with Gasteiger partial charge in [-0.3, -0.25) is 14.3 Å². The molecule has 0 unspecified atom stereocenters. The van der Waals surface area contributed by atoms with E-state index in [2.05, 4.69) is 10.4 Å². The SMILES string of the molecule is CCn1ccc(NC(=O)[C@@H]2OCC(=O)N(C)[C@@H]2c2ccccc2F)n1. The molecule has 0 spiro atoms. The van der Waals surface area contributed by atoms with Crippen molar-refractivity contribution in [3.05, 3.63) is 47.9 Å². The molecule has 3 rings (SSSR count). The second-order valence-electron chi connectivity index (χ2n) is 5.75. The van der Waals surface area contributed by atoms with Crippen molar-refractivity contribution >= 4 is 17.6 Å². The molecule has 1 aromatic carbocycles. The first-order chi connectivity index (χ1) is 12.0. The van der Waals surface area contributed by atoms with Gasteiger partial charge in [-0.25, -0.2) is 4.39 Å². The van der Waals surface area contributed by atoms with Crippen molar-refractivity contribution in [3.8, 4) is 0 Å². The minimum atomic E-state index is -1.04. The maximum Gasteiger partial charge on any atom is 0.257 e. The number of halogens is 1. The van der Waals surface area contributed by atoms with Gasteiger partial charge in [-0.15, -0.1) is 0 Å². The first kappa shape index (κ1) is 17.1. The number of aromatic nitrogens is 2. The number of morpholine rings is 1. The van der Waals surface area contributed by atoms with Crippen LogP contribution in [-0.4, -0.2) is 46.3 Å². The number of hydrogen-bond acceptors (Lipinski definition) is 4. The highest BCUT2D eigenvalue weighted by Crippen LogP contribution is 2.31. The van der Waals surface area contributed by atoms with Gasteiger partial charge >= 0.3 is 0 Å². The van der Waals surface area contributed by atoms with Crippen LogP contribution in [-0.2, 0) is 20.9 Å². The maximum atomic E-state index is 14.2. The van der Waals surface area contributed by atoms with Gasteiger partial charge < -0.3 is 15.0 Å². The van der Waals surface area contributed by atoms with Gasteiger partial charge in [0.25, 0.3) is 5.91 Å². The van der Waals surface area contributed by atoms with Gasteiger partial charge in [0.1, 0.15) is 12.4 Å². The molecule has 1 N–H and O–H groups in total. The first-order valence-electron chi connectivity index (χ1n) is 7.97. The van der Waals surface area contributed by atoms with E-state index in [0.29, 0.717) is 12.4 Å². The quantitative estimate of drug-likeness (QED) is 0.912. The molecule has 1 fully saturated rings. The third-order valence-electron chi connectivity index (χ3n) is 4.18. The predicted molar refractivity (Wildman–Crippen MR) is 88.2 cm³/mol. The summed E-state index contributed by atoms with van der Waals surface area (Å²) < 4.78 is 21.4. The summed E-state index contributed by atoms with van der Waals surface area (Å²) in [4.78, 5) is 26.0. The highest BCUT2D eigenvalue weighted by atomic mass is 19.1. The number of nitrogens with one attached hydrogen (secondary N) is 1. The second kappa shape index (κ2) is 7.02. The lowest BCUT2D eigenvalue weighted by atomic mass is 9.97. The van der Waals surface area contributed by atoms with Crippen LogP contribution < -0.4 is 5.32 Å². The molecule has 1 saturated heterocycles. The van der Waals surface area contributed by atoms with Gasteiger partial charge in [-0.05, 0) is 13.0 Å². The fourth-order valence-electron chi connectivity index (χ4n) is 2.82. The molecule has 0 saturated carbocycles. The number of rotatable bonds is 4. The average molecular weight is 346 g/mol. The van der Waals surface area contributed by atoms with E-state index in [1.165, 1.54) is 18.0 Å². The largest absolute Gasteiger partial charge is 0.356 e. The van der Waals surface area contributed by atoms with Crippen LogP contribution in [0, 0.1) is 5.82 Å². The van der Waals surface area contributed by atoms with Crippen molar-refractivity contribution in [2.24, 2.45) is 0 Å². The Bertz CT molecular complexity index is 792. The first-order valence-corrected chi connectivity index (χ1v) is 7.97. The number of aryl methyl sites for hydroxylation is 1. The summed E-state index contributed by atoms with van der Waals surface area (Å²) >= 11 is 0. The topological polar surface area (TPSA) is 76.5 Å². The molecule has 1 aliphatic rings. The summed E-state index contributed by atoms with van der Waals surface area (Å²) in [6, 6.07) is 6.86. The highest BCUT2D eigenvalue weighted by molar-refractivity contribution is 5.95. The molecular formula is C17H19FN4O3. The minimum absolute atomic E-state index is 0.233. The zero-order valence-electron chi connectivity index (χ0n) is 14.0. The van der Waals surface area contributed by atoms with Crippen molar-refractivity contribution in [3.63, 3.8) is 0 Å². The number of likely N-dealkylation sites (N-methyl/N-ethyl adjacent to an activating group) is 1. The fourth-order valence-corrected chi connectivity index (χ4v) is 2.82. The van der Waals surface area contributed by atoms with Crippen LogP contribution in [0.3, 0.4) is 0 Å². The zero-order chi connectivity index (χ0) is 18.0. The Hall–Kier alpha value is -2.74. The third kappa shape index (κ3) is 3.39. The van der Waals surface area contributed by atoms with E-state index in [1.807, 2.05) is 6.92 Å². The molecule has 2 heterocycles. The number of nitrogens with zero attached hydrogens (tertiary/aromatic N) is 3. The Morgan fingerprint density at radius 1 is 1.40 bits per heavy atom. The summed E-state index contributed by atoms with van der Waals surface area (Å²) in [6.45, 7) is 2.37. The molecule has 0 radical (unpaired) electrons. The molecule has 25 heavy (non-hydrogen) atoms. The number of carbonyl (C=O) groups is 2. The van der Waals surface area contributed by atoms with Gasteiger partial charge in [-0.1, -0.05) is 18.2 Å².